The van der Waals surface area contributed by atoms with E-state index in [0.717, 1.165) is 16.9 Å². The average molecular weight is 447 g/mol. The van der Waals surface area contributed by atoms with Crippen molar-refractivity contribution in [3.05, 3.63) is 60.8 Å². The van der Waals surface area contributed by atoms with Crippen molar-refractivity contribution in [2.45, 2.75) is 6.54 Å². The molecule has 1 amide bonds. The van der Waals surface area contributed by atoms with Crippen LogP contribution in [0, 0.1) is 0 Å². The Hall–Kier alpha value is -4.27. The molecule has 33 heavy (non-hydrogen) atoms. The Morgan fingerprint density at radius 3 is 2.52 bits per heavy atom. The minimum Gasteiger partial charge on any atom is -0.493 e. The van der Waals surface area contributed by atoms with Gasteiger partial charge in [0.2, 0.25) is 11.7 Å². The van der Waals surface area contributed by atoms with Crippen LogP contribution in [-0.4, -0.2) is 48.9 Å². The van der Waals surface area contributed by atoms with Gasteiger partial charge in [0.15, 0.2) is 11.5 Å². The Balaban J connectivity index is 1.49. The molecule has 0 saturated heterocycles. The molecule has 1 N–H and O–H groups in total. The zero-order valence-corrected chi connectivity index (χ0v) is 18.9. The van der Waals surface area contributed by atoms with Crippen molar-refractivity contribution in [1.29, 1.82) is 0 Å². The van der Waals surface area contributed by atoms with Crippen molar-refractivity contribution >= 4 is 17.3 Å². The lowest BCUT2D eigenvalue weighted by atomic mass is 10.2. The second-order valence-electron chi connectivity index (χ2n) is 7.50. The fourth-order valence-electron chi connectivity index (χ4n) is 3.36. The number of ether oxygens (including phenoxy) is 2. The van der Waals surface area contributed by atoms with E-state index in [1.165, 1.54) is 0 Å². The number of methoxy groups -OCH3 is 2. The van der Waals surface area contributed by atoms with Crippen LogP contribution in [0.3, 0.4) is 0 Å². The highest BCUT2D eigenvalue weighted by molar-refractivity contribution is 5.91. The van der Waals surface area contributed by atoms with Crippen LogP contribution in [0.15, 0.2) is 65.3 Å². The third kappa shape index (κ3) is 4.82. The summed E-state index contributed by atoms with van der Waals surface area (Å²) in [5, 5.41) is 6.99. The first kappa shape index (κ1) is 21.9. The van der Waals surface area contributed by atoms with E-state index in [-0.39, 0.29) is 12.5 Å². The van der Waals surface area contributed by atoms with Gasteiger partial charge in [-0.1, -0.05) is 5.16 Å². The summed E-state index contributed by atoms with van der Waals surface area (Å²) in [7, 11) is 7.08. The summed E-state index contributed by atoms with van der Waals surface area (Å²) in [6, 6.07) is 16.7. The number of nitrogens with one attached hydrogen (secondary N) is 1. The minimum atomic E-state index is -0.162. The largest absolute Gasteiger partial charge is 0.493 e. The molecule has 0 fully saturated rings. The number of carbonyl (C=O) groups is 1. The van der Waals surface area contributed by atoms with Crippen molar-refractivity contribution in [2.24, 2.45) is 0 Å². The first-order valence-electron chi connectivity index (χ1n) is 10.3. The van der Waals surface area contributed by atoms with E-state index in [0.29, 0.717) is 28.9 Å². The summed E-state index contributed by atoms with van der Waals surface area (Å²) in [4.78, 5) is 19.1. The molecule has 0 saturated carbocycles. The Labute approximate surface area is 191 Å². The van der Waals surface area contributed by atoms with Crippen molar-refractivity contribution < 1.29 is 18.8 Å². The summed E-state index contributed by atoms with van der Waals surface area (Å²) in [5.41, 5.74) is 3.15. The fraction of sp³-hybridized carbons (Fsp3) is 0.208. The number of anilines is 2. The molecule has 2 aromatic carbocycles. The highest BCUT2D eigenvalue weighted by Crippen LogP contribution is 2.32. The highest BCUT2D eigenvalue weighted by Gasteiger charge is 2.17. The summed E-state index contributed by atoms with van der Waals surface area (Å²) < 4.78 is 17.9. The summed E-state index contributed by atoms with van der Waals surface area (Å²) in [6.07, 6.45) is 1.80. The van der Waals surface area contributed by atoms with Crippen molar-refractivity contribution in [1.82, 2.24) is 14.7 Å². The van der Waals surface area contributed by atoms with E-state index in [9.17, 15) is 4.79 Å². The highest BCUT2D eigenvalue weighted by atomic mass is 16.5. The van der Waals surface area contributed by atoms with Crippen molar-refractivity contribution in [2.75, 3.05) is 38.5 Å². The van der Waals surface area contributed by atoms with Crippen molar-refractivity contribution in [3.63, 3.8) is 0 Å². The first-order chi connectivity index (χ1) is 16.0. The Morgan fingerprint density at radius 2 is 1.82 bits per heavy atom. The monoisotopic (exact) mass is 447 g/mol. The lowest BCUT2D eigenvalue weighted by Crippen LogP contribution is -2.19. The zero-order valence-electron chi connectivity index (χ0n) is 18.9. The number of hydrogen-bond acceptors (Lipinski definition) is 7. The van der Waals surface area contributed by atoms with Crippen LogP contribution in [-0.2, 0) is 11.3 Å². The molecule has 0 aliphatic carbocycles. The van der Waals surface area contributed by atoms with Gasteiger partial charge in [-0.05, 0) is 54.6 Å². The fourth-order valence-corrected chi connectivity index (χ4v) is 3.36. The van der Waals surface area contributed by atoms with Gasteiger partial charge in [0.25, 0.3) is 5.89 Å². The van der Waals surface area contributed by atoms with Crippen LogP contribution in [0.1, 0.15) is 0 Å². The van der Waals surface area contributed by atoms with Crippen LogP contribution in [0.25, 0.3) is 23.0 Å². The molecule has 2 aromatic heterocycles. The van der Waals surface area contributed by atoms with E-state index in [2.05, 4.69) is 15.5 Å². The molecule has 170 valence electrons. The SMILES string of the molecule is COc1ccc(-c2noc(-c3cccn3CC(=O)Nc3ccc(N(C)C)cc3)n2)cc1OC. The van der Waals surface area contributed by atoms with Crippen LogP contribution in [0.5, 0.6) is 11.5 Å². The predicted octanol–water partition coefficient (Wildman–Crippen LogP) is 3.93. The van der Waals surface area contributed by atoms with Gasteiger partial charge < -0.3 is 28.8 Å². The van der Waals surface area contributed by atoms with E-state index in [1.807, 2.05) is 61.5 Å². The van der Waals surface area contributed by atoms with Crippen LogP contribution >= 0.6 is 0 Å². The standard InChI is InChI=1S/C24H25N5O4/c1-28(2)18-10-8-17(9-11-18)25-22(30)15-29-13-5-6-19(29)24-26-23(27-33-24)16-7-12-20(31-3)21(14-16)32-4/h5-14H,15H2,1-4H3,(H,25,30). The number of amides is 1. The van der Waals surface area contributed by atoms with Gasteiger partial charge in [0.1, 0.15) is 12.2 Å². The van der Waals surface area contributed by atoms with Gasteiger partial charge in [-0.25, -0.2) is 0 Å². The molecule has 0 aliphatic rings. The molecule has 0 atom stereocenters. The van der Waals surface area contributed by atoms with Crippen LogP contribution in [0.4, 0.5) is 11.4 Å². The van der Waals surface area contributed by atoms with Gasteiger partial charge in [0.05, 0.1) is 14.2 Å². The second-order valence-corrected chi connectivity index (χ2v) is 7.50. The Morgan fingerprint density at radius 1 is 1.06 bits per heavy atom. The predicted molar refractivity (Wildman–Crippen MR) is 126 cm³/mol. The van der Waals surface area contributed by atoms with Gasteiger partial charge in [-0.3, -0.25) is 4.79 Å². The number of rotatable bonds is 8. The van der Waals surface area contributed by atoms with E-state index < -0.39 is 0 Å². The minimum absolute atomic E-state index is 0.103. The molecule has 0 unspecified atom stereocenters. The maximum absolute atomic E-state index is 12.6. The van der Waals surface area contributed by atoms with E-state index in [1.54, 1.807) is 37.1 Å². The first-order valence-corrected chi connectivity index (χ1v) is 10.3. The van der Waals surface area contributed by atoms with Gasteiger partial charge in [-0.2, -0.15) is 4.98 Å². The maximum atomic E-state index is 12.6. The summed E-state index contributed by atoms with van der Waals surface area (Å²) in [5.74, 6) is 1.74. The molecule has 0 bridgehead atoms. The van der Waals surface area contributed by atoms with Crippen molar-refractivity contribution in [3.8, 4) is 34.5 Å². The van der Waals surface area contributed by atoms with Gasteiger partial charge >= 0.3 is 0 Å². The molecule has 0 aliphatic heterocycles. The van der Waals surface area contributed by atoms with E-state index in [4.69, 9.17) is 14.0 Å². The number of benzene rings is 2. The third-order valence-electron chi connectivity index (χ3n) is 5.10. The number of nitrogens with zero attached hydrogens (tertiary/aromatic N) is 4. The molecule has 0 spiro atoms. The topological polar surface area (TPSA) is 94.7 Å². The number of hydrogen-bond donors (Lipinski definition) is 1. The van der Waals surface area contributed by atoms with E-state index >= 15 is 0 Å². The third-order valence-corrected chi connectivity index (χ3v) is 5.10. The van der Waals surface area contributed by atoms with Gasteiger partial charge in [0, 0.05) is 37.2 Å². The molecule has 9 nitrogen and oxygen atoms in total. The second kappa shape index (κ2) is 9.47. The zero-order chi connectivity index (χ0) is 23.4. The molecule has 9 heteroatoms. The molecular weight excluding hydrogens is 422 g/mol. The number of aromatic nitrogens is 3. The summed E-state index contributed by atoms with van der Waals surface area (Å²) in [6.45, 7) is 0.103. The maximum Gasteiger partial charge on any atom is 0.274 e. The average Bonchev–Trinajstić information content (AvgIpc) is 3.48. The van der Waals surface area contributed by atoms with Crippen LogP contribution < -0.4 is 19.7 Å². The lowest BCUT2D eigenvalue weighted by molar-refractivity contribution is -0.116. The molecule has 2 heterocycles. The Kier molecular flexibility index (Phi) is 6.30. The molecular formula is C24H25N5O4. The number of carbonyl (C=O) groups excluding carboxylic acids is 1. The molecule has 4 rings (SSSR count). The molecule has 0 radical (unpaired) electrons. The Bertz CT molecular complexity index is 1240. The van der Waals surface area contributed by atoms with Crippen LogP contribution in [0.2, 0.25) is 0 Å². The van der Waals surface area contributed by atoms with Gasteiger partial charge in [-0.15, -0.1) is 0 Å². The normalized spacial score (nSPS) is 10.7. The quantitative estimate of drug-likeness (QED) is 0.437. The lowest BCUT2D eigenvalue weighted by Gasteiger charge is -2.13. The summed E-state index contributed by atoms with van der Waals surface area (Å²) >= 11 is 0. The smallest absolute Gasteiger partial charge is 0.274 e. The molecule has 4 aromatic rings.